The molecule has 1 amide bonds. The van der Waals surface area contributed by atoms with Crippen molar-refractivity contribution in [2.75, 3.05) is 45.5 Å². The highest BCUT2D eigenvalue weighted by Crippen LogP contribution is 2.09. The first-order chi connectivity index (χ1) is 11.3. The number of carbonyl (C=O) groups is 1. The standard InChI is InChI=1S/C16H24ClN3O3S/c1-24(22,23)20-10-2-9-19(11-12-20)13-16(21)18-8-7-14-3-5-15(17)6-4-14/h3-6H,2,7-13H2,1H3,(H,18,21). The number of amides is 1. The first-order valence-electron chi connectivity index (χ1n) is 8.03. The molecule has 0 saturated carbocycles. The van der Waals surface area contributed by atoms with Gasteiger partial charge in [0.2, 0.25) is 15.9 Å². The van der Waals surface area contributed by atoms with E-state index in [-0.39, 0.29) is 5.91 Å². The van der Waals surface area contributed by atoms with Crippen LogP contribution in [0, 0.1) is 0 Å². The van der Waals surface area contributed by atoms with Crippen LogP contribution in [0.3, 0.4) is 0 Å². The molecule has 0 aromatic heterocycles. The van der Waals surface area contributed by atoms with E-state index in [4.69, 9.17) is 11.6 Å². The van der Waals surface area contributed by atoms with Gasteiger partial charge in [-0.1, -0.05) is 23.7 Å². The zero-order valence-corrected chi connectivity index (χ0v) is 15.4. The minimum absolute atomic E-state index is 0.0308. The van der Waals surface area contributed by atoms with Crippen molar-refractivity contribution in [1.29, 1.82) is 0 Å². The second-order valence-corrected chi connectivity index (χ2v) is 8.44. The molecule has 24 heavy (non-hydrogen) atoms. The van der Waals surface area contributed by atoms with Gasteiger partial charge in [0.1, 0.15) is 0 Å². The highest BCUT2D eigenvalue weighted by Gasteiger charge is 2.22. The van der Waals surface area contributed by atoms with Gasteiger partial charge in [-0.25, -0.2) is 12.7 Å². The van der Waals surface area contributed by atoms with Crippen molar-refractivity contribution in [2.45, 2.75) is 12.8 Å². The highest BCUT2D eigenvalue weighted by molar-refractivity contribution is 7.88. The minimum atomic E-state index is -3.15. The maximum atomic E-state index is 12.0. The summed E-state index contributed by atoms with van der Waals surface area (Å²) in [6, 6.07) is 7.57. The number of sulfonamides is 1. The van der Waals surface area contributed by atoms with Crippen molar-refractivity contribution >= 4 is 27.5 Å². The Labute approximate surface area is 148 Å². The van der Waals surface area contributed by atoms with Crippen LogP contribution in [0.15, 0.2) is 24.3 Å². The quantitative estimate of drug-likeness (QED) is 0.806. The molecule has 0 unspecified atom stereocenters. The van der Waals surface area contributed by atoms with E-state index in [1.807, 2.05) is 29.2 Å². The third-order valence-corrected chi connectivity index (χ3v) is 5.59. The molecule has 1 aliphatic heterocycles. The van der Waals surface area contributed by atoms with Gasteiger partial charge >= 0.3 is 0 Å². The Balaban J connectivity index is 1.71. The Morgan fingerprint density at radius 1 is 1.17 bits per heavy atom. The van der Waals surface area contributed by atoms with Gasteiger partial charge in [-0.15, -0.1) is 0 Å². The number of benzene rings is 1. The fourth-order valence-electron chi connectivity index (χ4n) is 2.69. The molecule has 2 rings (SSSR count). The van der Waals surface area contributed by atoms with Gasteiger partial charge in [-0.2, -0.15) is 0 Å². The van der Waals surface area contributed by atoms with E-state index in [0.29, 0.717) is 37.7 Å². The third-order valence-electron chi connectivity index (χ3n) is 4.03. The Morgan fingerprint density at radius 2 is 1.88 bits per heavy atom. The molecule has 1 aliphatic rings. The van der Waals surface area contributed by atoms with Crippen LogP contribution >= 0.6 is 11.6 Å². The highest BCUT2D eigenvalue weighted by atomic mass is 35.5. The maximum Gasteiger partial charge on any atom is 0.234 e. The lowest BCUT2D eigenvalue weighted by Crippen LogP contribution is -2.40. The first kappa shape index (κ1) is 19.2. The molecule has 1 N–H and O–H groups in total. The number of rotatable bonds is 6. The molecule has 0 aliphatic carbocycles. The van der Waals surface area contributed by atoms with Crippen LogP contribution in [0.2, 0.25) is 5.02 Å². The van der Waals surface area contributed by atoms with Gasteiger partial charge in [-0.3, -0.25) is 9.69 Å². The van der Waals surface area contributed by atoms with Gasteiger partial charge in [0.05, 0.1) is 12.8 Å². The van der Waals surface area contributed by atoms with E-state index in [1.54, 1.807) is 0 Å². The molecule has 0 spiro atoms. The van der Waals surface area contributed by atoms with E-state index in [0.717, 1.165) is 24.9 Å². The van der Waals surface area contributed by atoms with E-state index in [9.17, 15) is 13.2 Å². The Hall–Kier alpha value is -1.15. The number of carbonyl (C=O) groups excluding carboxylic acids is 1. The van der Waals surface area contributed by atoms with Crippen LogP contribution in [-0.2, 0) is 21.2 Å². The summed E-state index contributed by atoms with van der Waals surface area (Å²) in [5.74, 6) is -0.0308. The number of halogens is 1. The molecule has 0 bridgehead atoms. The van der Waals surface area contributed by atoms with Gasteiger partial charge < -0.3 is 5.32 Å². The number of hydrogen-bond acceptors (Lipinski definition) is 4. The summed E-state index contributed by atoms with van der Waals surface area (Å²) in [5.41, 5.74) is 1.12. The van der Waals surface area contributed by atoms with Crippen molar-refractivity contribution in [3.8, 4) is 0 Å². The summed E-state index contributed by atoms with van der Waals surface area (Å²) in [6.45, 7) is 3.15. The summed E-state index contributed by atoms with van der Waals surface area (Å²) < 4.78 is 24.6. The summed E-state index contributed by atoms with van der Waals surface area (Å²) in [5, 5.41) is 3.61. The monoisotopic (exact) mass is 373 g/mol. The molecule has 0 atom stereocenters. The molecule has 8 heteroatoms. The molecule has 1 aromatic rings. The van der Waals surface area contributed by atoms with E-state index < -0.39 is 10.0 Å². The van der Waals surface area contributed by atoms with Gasteiger partial charge in [0, 0.05) is 31.2 Å². The van der Waals surface area contributed by atoms with Crippen LogP contribution in [-0.4, -0.2) is 69.1 Å². The molecular weight excluding hydrogens is 350 g/mol. The molecule has 1 saturated heterocycles. The van der Waals surface area contributed by atoms with Crippen LogP contribution in [0.25, 0.3) is 0 Å². The minimum Gasteiger partial charge on any atom is -0.355 e. The summed E-state index contributed by atoms with van der Waals surface area (Å²) >= 11 is 5.84. The van der Waals surface area contributed by atoms with Crippen LogP contribution in [0.5, 0.6) is 0 Å². The molecule has 6 nitrogen and oxygen atoms in total. The van der Waals surface area contributed by atoms with Gasteiger partial charge in [0.25, 0.3) is 0 Å². The third kappa shape index (κ3) is 6.39. The normalized spacial score (nSPS) is 17.4. The predicted molar refractivity (Wildman–Crippen MR) is 95.6 cm³/mol. The van der Waals surface area contributed by atoms with Crippen LogP contribution in [0.1, 0.15) is 12.0 Å². The zero-order valence-electron chi connectivity index (χ0n) is 13.9. The van der Waals surface area contributed by atoms with Crippen molar-refractivity contribution < 1.29 is 13.2 Å². The Kier molecular flexibility index (Phi) is 7.03. The van der Waals surface area contributed by atoms with E-state index >= 15 is 0 Å². The Morgan fingerprint density at radius 3 is 2.54 bits per heavy atom. The largest absolute Gasteiger partial charge is 0.355 e. The van der Waals surface area contributed by atoms with Crippen molar-refractivity contribution in [3.63, 3.8) is 0 Å². The number of hydrogen-bond donors (Lipinski definition) is 1. The second kappa shape index (κ2) is 8.80. The van der Waals surface area contributed by atoms with E-state index in [2.05, 4.69) is 5.32 Å². The zero-order chi connectivity index (χ0) is 17.6. The van der Waals surface area contributed by atoms with Gasteiger partial charge in [0.15, 0.2) is 0 Å². The number of nitrogens with one attached hydrogen (secondary N) is 1. The molecular formula is C16H24ClN3O3S. The average Bonchev–Trinajstić information content (AvgIpc) is 2.74. The SMILES string of the molecule is CS(=O)(=O)N1CCCN(CC(=O)NCCc2ccc(Cl)cc2)CC1. The van der Waals surface area contributed by atoms with Crippen LogP contribution < -0.4 is 5.32 Å². The molecule has 0 radical (unpaired) electrons. The summed E-state index contributed by atoms with van der Waals surface area (Å²) in [4.78, 5) is 14.0. The van der Waals surface area contributed by atoms with Crippen molar-refractivity contribution in [2.24, 2.45) is 0 Å². The Bertz CT molecular complexity index is 649. The lowest BCUT2D eigenvalue weighted by molar-refractivity contribution is -0.122. The smallest absolute Gasteiger partial charge is 0.234 e. The molecule has 1 aromatic carbocycles. The van der Waals surface area contributed by atoms with E-state index in [1.165, 1.54) is 10.6 Å². The average molecular weight is 374 g/mol. The summed E-state index contributed by atoms with van der Waals surface area (Å²) in [7, 11) is -3.15. The fraction of sp³-hybridized carbons (Fsp3) is 0.562. The molecule has 1 fully saturated rings. The van der Waals surface area contributed by atoms with Crippen molar-refractivity contribution in [1.82, 2.24) is 14.5 Å². The number of nitrogens with zero attached hydrogens (tertiary/aromatic N) is 2. The maximum absolute atomic E-state index is 12.0. The molecule has 1 heterocycles. The first-order valence-corrected chi connectivity index (χ1v) is 10.3. The lowest BCUT2D eigenvalue weighted by Gasteiger charge is -2.20. The van der Waals surface area contributed by atoms with Gasteiger partial charge in [-0.05, 0) is 37.1 Å². The predicted octanol–water partition coefficient (Wildman–Crippen LogP) is 0.966. The summed E-state index contributed by atoms with van der Waals surface area (Å²) in [6.07, 6.45) is 2.72. The second-order valence-electron chi connectivity index (χ2n) is 6.02. The molecule has 134 valence electrons. The lowest BCUT2D eigenvalue weighted by atomic mass is 10.1. The topological polar surface area (TPSA) is 69.7 Å². The van der Waals surface area contributed by atoms with Crippen molar-refractivity contribution in [3.05, 3.63) is 34.9 Å². The fourth-order valence-corrected chi connectivity index (χ4v) is 3.69. The van der Waals surface area contributed by atoms with Crippen LogP contribution in [0.4, 0.5) is 0 Å².